The van der Waals surface area contributed by atoms with E-state index in [1.54, 1.807) is 11.0 Å². The van der Waals surface area contributed by atoms with Crippen LogP contribution in [-0.4, -0.2) is 48.4 Å². The second kappa shape index (κ2) is 6.68. The lowest BCUT2D eigenvalue weighted by Crippen LogP contribution is -2.36. The molecule has 0 saturated carbocycles. The van der Waals surface area contributed by atoms with E-state index in [4.69, 9.17) is 0 Å². The maximum Gasteiger partial charge on any atom is 0.277 e. The largest absolute Gasteiger partial charge is 0.366 e. The number of carbonyl (C=O) groups is 1. The van der Waals surface area contributed by atoms with Crippen LogP contribution in [0.25, 0.3) is 0 Å². The molecule has 1 atom stereocenters. The fraction of sp³-hybridized carbons (Fsp3) is 0.389. The van der Waals surface area contributed by atoms with Crippen LogP contribution in [0.2, 0.25) is 0 Å². The summed E-state index contributed by atoms with van der Waals surface area (Å²) < 4.78 is 23.2. The molecule has 1 aromatic carbocycles. The van der Waals surface area contributed by atoms with Crippen LogP contribution in [0.5, 0.6) is 0 Å². The minimum Gasteiger partial charge on any atom is -0.366 e. The number of nitrogens with one attached hydrogen (secondary N) is 1. The Morgan fingerprint density at radius 3 is 2.88 bits per heavy atom. The smallest absolute Gasteiger partial charge is 0.277 e. The fourth-order valence-corrected chi connectivity index (χ4v) is 5.23. The molecule has 0 aliphatic carbocycles. The van der Waals surface area contributed by atoms with Crippen molar-refractivity contribution in [3.8, 4) is 0 Å². The molecule has 1 saturated heterocycles. The molecule has 3 heterocycles. The molecule has 0 radical (unpaired) electrons. The van der Waals surface area contributed by atoms with Gasteiger partial charge in [-0.1, -0.05) is 18.2 Å². The van der Waals surface area contributed by atoms with E-state index in [9.17, 15) is 13.2 Å². The molecule has 1 aromatic heterocycles. The van der Waals surface area contributed by atoms with Crippen LogP contribution < -0.4 is 10.2 Å². The van der Waals surface area contributed by atoms with Crippen LogP contribution >= 0.6 is 0 Å². The van der Waals surface area contributed by atoms with Gasteiger partial charge in [0.05, 0.1) is 11.5 Å². The Morgan fingerprint density at radius 2 is 2.08 bits per heavy atom. The number of hydrogen-bond acceptors (Lipinski definition) is 6. The van der Waals surface area contributed by atoms with Gasteiger partial charge in [0, 0.05) is 24.3 Å². The zero-order valence-corrected chi connectivity index (χ0v) is 15.1. The average Bonchev–Trinajstić information content (AvgIpc) is 2.99. The first-order valence-electron chi connectivity index (χ1n) is 8.71. The third-order valence-electron chi connectivity index (χ3n) is 4.83. The number of carbonyl (C=O) groups excluding carboxylic acids is 1. The Hall–Kier alpha value is -2.48. The minimum atomic E-state index is -2.97. The number of amides is 1. The molecule has 2 aliphatic heterocycles. The Kier molecular flexibility index (Phi) is 4.36. The number of benzene rings is 1. The molecule has 7 nitrogen and oxygen atoms in total. The van der Waals surface area contributed by atoms with E-state index in [-0.39, 0.29) is 23.5 Å². The van der Waals surface area contributed by atoms with Crippen molar-refractivity contribution in [2.24, 2.45) is 0 Å². The van der Waals surface area contributed by atoms with Crippen molar-refractivity contribution in [3.05, 3.63) is 47.9 Å². The summed E-state index contributed by atoms with van der Waals surface area (Å²) in [6, 6.07) is 9.34. The first-order valence-corrected chi connectivity index (χ1v) is 10.5. The predicted molar refractivity (Wildman–Crippen MR) is 99.2 cm³/mol. The molecule has 1 N–H and O–H groups in total. The van der Waals surface area contributed by atoms with Crippen molar-refractivity contribution < 1.29 is 13.2 Å². The third kappa shape index (κ3) is 3.41. The van der Waals surface area contributed by atoms with Crippen LogP contribution in [0, 0.1) is 0 Å². The van der Waals surface area contributed by atoms with Crippen LogP contribution in [-0.2, 0) is 16.3 Å². The van der Waals surface area contributed by atoms with Crippen molar-refractivity contribution in [2.45, 2.75) is 25.3 Å². The summed E-state index contributed by atoms with van der Waals surface area (Å²) in [5.74, 6) is 0.601. The molecule has 4 rings (SSSR count). The Morgan fingerprint density at radius 1 is 1.23 bits per heavy atom. The van der Waals surface area contributed by atoms with Crippen molar-refractivity contribution in [1.82, 2.24) is 9.97 Å². The first-order chi connectivity index (χ1) is 12.5. The average molecular weight is 372 g/mol. The zero-order valence-electron chi connectivity index (χ0n) is 14.3. The summed E-state index contributed by atoms with van der Waals surface area (Å²) in [6.07, 6.45) is 3.77. The van der Waals surface area contributed by atoms with Crippen LogP contribution in [0.3, 0.4) is 0 Å². The number of aryl methyl sites for hydroxylation is 1. The van der Waals surface area contributed by atoms with E-state index >= 15 is 0 Å². The standard InChI is InChI=1S/C18H20N4O3S/c23-18(22-8-3-5-13-4-1-2-6-16(13)22)15-10-17(20-12-19-15)21-14-7-9-26(24,25)11-14/h1-2,4,6,10,12,14H,3,5,7-9,11H2,(H,19,20,21). The van der Waals surface area contributed by atoms with Gasteiger partial charge in [0.15, 0.2) is 9.84 Å². The van der Waals surface area contributed by atoms with Gasteiger partial charge in [0.2, 0.25) is 0 Å². The van der Waals surface area contributed by atoms with Gasteiger partial charge in [-0.25, -0.2) is 18.4 Å². The first kappa shape index (κ1) is 17.0. The molecular formula is C18H20N4O3S. The Labute approximate surface area is 152 Å². The monoisotopic (exact) mass is 372 g/mol. The van der Waals surface area contributed by atoms with Crippen LogP contribution in [0.1, 0.15) is 28.9 Å². The SMILES string of the molecule is O=C(c1cc(NC2CCS(=O)(=O)C2)ncn1)N1CCCc2ccccc21. The normalized spacial score (nSPS) is 21.2. The summed E-state index contributed by atoms with van der Waals surface area (Å²) >= 11 is 0. The van der Waals surface area contributed by atoms with Crippen molar-refractivity contribution in [2.75, 3.05) is 28.3 Å². The number of rotatable bonds is 3. The number of aromatic nitrogens is 2. The molecule has 1 fully saturated rings. The van der Waals surface area contributed by atoms with Gasteiger partial charge in [-0.2, -0.15) is 0 Å². The highest BCUT2D eigenvalue weighted by atomic mass is 32.2. The van der Waals surface area contributed by atoms with Gasteiger partial charge in [0.1, 0.15) is 17.8 Å². The third-order valence-corrected chi connectivity index (χ3v) is 6.59. The number of para-hydroxylation sites is 1. The molecule has 26 heavy (non-hydrogen) atoms. The molecular weight excluding hydrogens is 352 g/mol. The lowest BCUT2D eigenvalue weighted by molar-refractivity contribution is 0.0980. The number of anilines is 2. The second-order valence-corrected chi connectivity index (χ2v) is 8.95. The van der Waals surface area contributed by atoms with Crippen molar-refractivity contribution >= 4 is 27.2 Å². The van der Waals surface area contributed by atoms with Gasteiger partial charge in [-0.05, 0) is 30.9 Å². The maximum atomic E-state index is 13.0. The fourth-order valence-electron chi connectivity index (χ4n) is 3.55. The van der Waals surface area contributed by atoms with Crippen LogP contribution in [0.4, 0.5) is 11.5 Å². The maximum absolute atomic E-state index is 13.0. The van der Waals surface area contributed by atoms with Gasteiger partial charge >= 0.3 is 0 Å². The second-order valence-electron chi connectivity index (χ2n) is 6.72. The highest BCUT2D eigenvalue weighted by Gasteiger charge is 2.29. The van der Waals surface area contributed by atoms with Crippen LogP contribution in [0.15, 0.2) is 36.7 Å². The van der Waals surface area contributed by atoms with E-state index in [0.29, 0.717) is 24.5 Å². The number of fused-ring (bicyclic) bond motifs is 1. The minimum absolute atomic E-state index is 0.0970. The Balaban J connectivity index is 1.54. The highest BCUT2D eigenvalue weighted by Crippen LogP contribution is 2.28. The summed E-state index contributed by atoms with van der Waals surface area (Å²) in [6.45, 7) is 0.656. The molecule has 0 spiro atoms. The van der Waals surface area contributed by atoms with Crippen molar-refractivity contribution in [1.29, 1.82) is 0 Å². The van der Waals surface area contributed by atoms with E-state index in [1.807, 2.05) is 24.3 Å². The van der Waals surface area contributed by atoms with Gasteiger partial charge < -0.3 is 10.2 Å². The summed E-state index contributed by atoms with van der Waals surface area (Å²) in [4.78, 5) is 23.0. The summed E-state index contributed by atoms with van der Waals surface area (Å²) in [5, 5.41) is 3.11. The summed E-state index contributed by atoms with van der Waals surface area (Å²) in [7, 11) is -2.97. The lowest BCUT2D eigenvalue weighted by Gasteiger charge is -2.29. The van der Waals surface area contributed by atoms with E-state index < -0.39 is 9.84 Å². The number of sulfone groups is 1. The number of hydrogen-bond donors (Lipinski definition) is 1. The highest BCUT2D eigenvalue weighted by molar-refractivity contribution is 7.91. The molecule has 2 aliphatic rings. The molecule has 8 heteroatoms. The quantitative estimate of drug-likeness (QED) is 0.881. The van der Waals surface area contributed by atoms with Gasteiger partial charge in [-0.3, -0.25) is 4.79 Å². The topological polar surface area (TPSA) is 92.3 Å². The lowest BCUT2D eigenvalue weighted by atomic mass is 10.0. The zero-order chi connectivity index (χ0) is 18.1. The molecule has 1 unspecified atom stereocenters. The summed E-state index contributed by atoms with van der Waals surface area (Å²) in [5.41, 5.74) is 2.40. The molecule has 1 amide bonds. The van der Waals surface area contributed by atoms with E-state index in [1.165, 1.54) is 6.33 Å². The van der Waals surface area contributed by atoms with Gasteiger partial charge in [0.25, 0.3) is 5.91 Å². The molecule has 2 aromatic rings. The Bertz CT molecular complexity index is 945. The predicted octanol–water partition coefficient (Wildman–Crippen LogP) is 1.67. The molecule has 136 valence electrons. The van der Waals surface area contributed by atoms with E-state index in [0.717, 1.165) is 24.1 Å². The number of nitrogens with zero attached hydrogens (tertiary/aromatic N) is 3. The van der Waals surface area contributed by atoms with E-state index in [2.05, 4.69) is 15.3 Å². The molecule has 0 bridgehead atoms. The van der Waals surface area contributed by atoms with Crippen molar-refractivity contribution in [3.63, 3.8) is 0 Å². The van der Waals surface area contributed by atoms with Gasteiger partial charge in [-0.15, -0.1) is 0 Å².